The lowest BCUT2D eigenvalue weighted by atomic mass is 9.96. The maximum Gasteiger partial charge on any atom is 0.241 e. The molecule has 1 amide bonds. The summed E-state index contributed by atoms with van der Waals surface area (Å²) in [6, 6.07) is 6.20. The molecule has 3 heterocycles. The molecule has 2 aliphatic heterocycles. The molecule has 1 atom stereocenters. The molecule has 0 spiro atoms. The molecule has 1 fully saturated rings. The molecule has 0 bridgehead atoms. The molecule has 5 rings (SSSR count). The van der Waals surface area contributed by atoms with Gasteiger partial charge < -0.3 is 9.80 Å². The second kappa shape index (κ2) is 8.56. The number of aromatic nitrogens is 1. The molecule has 3 aromatic rings. The Labute approximate surface area is 204 Å². The number of nitrogens with two attached hydrogens (primary N) is 1. The van der Waals surface area contributed by atoms with Crippen molar-refractivity contribution in [1.82, 2.24) is 4.98 Å². The summed E-state index contributed by atoms with van der Waals surface area (Å²) in [7, 11) is -4.35. The first kappa shape index (κ1) is 24.2. The highest BCUT2D eigenvalue weighted by atomic mass is 32.2. The van der Waals surface area contributed by atoms with E-state index in [1.807, 2.05) is 0 Å². The fraction of sp³-hybridized carbons (Fsp3) is 0.250. The molecule has 0 radical (unpaired) electrons. The van der Waals surface area contributed by atoms with Gasteiger partial charge in [0, 0.05) is 36.6 Å². The molecule has 0 aliphatic carbocycles. The van der Waals surface area contributed by atoms with Crippen molar-refractivity contribution in [2.24, 2.45) is 11.1 Å². The minimum absolute atomic E-state index is 0.00572. The van der Waals surface area contributed by atoms with Crippen LogP contribution in [0.5, 0.6) is 0 Å². The standard InChI is InChI=1S/C24H20F4N4O3S/c1-12-5-13-6-17(26)21(36(29,34)35)9-20(13)32(12)24(33)15-10-31(11-15)23-18(27)7-14(8-19(23)28)22-16(25)3-2-4-30-22/h2-4,6-9,12,15H,5,10-11H2,1H3,(H2,29,34,35)/t12-/m0/s1. The summed E-state index contributed by atoms with van der Waals surface area (Å²) in [6.07, 6.45) is 1.62. The van der Waals surface area contributed by atoms with Crippen LogP contribution < -0.4 is 14.9 Å². The van der Waals surface area contributed by atoms with Gasteiger partial charge in [0.15, 0.2) is 0 Å². The van der Waals surface area contributed by atoms with Gasteiger partial charge in [0.25, 0.3) is 0 Å². The lowest BCUT2D eigenvalue weighted by molar-refractivity contribution is -0.123. The predicted octanol–water partition coefficient (Wildman–Crippen LogP) is 3.37. The fourth-order valence-electron chi connectivity index (χ4n) is 4.79. The Balaban J connectivity index is 1.37. The van der Waals surface area contributed by atoms with Crippen molar-refractivity contribution in [2.45, 2.75) is 24.3 Å². The zero-order chi connectivity index (χ0) is 25.9. The molecule has 2 N–H and O–H groups in total. The van der Waals surface area contributed by atoms with Crippen molar-refractivity contribution < 1.29 is 30.8 Å². The number of anilines is 2. The molecule has 7 nitrogen and oxygen atoms in total. The van der Waals surface area contributed by atoms with Gasteiger partial charge in [-0.1, -0.05) is 0 Å². The Morgan fingerprint density at radius 1 is 1.03 bits per heavy atom. The van der Waals surface area contributed by atoms with E-state index in [4.69, 9.17) is 5.14 Å². The number of nitrogens with zero attached hydrogens (tertiary/aromatic N) is 3. The highest BCUT2D eigenvalue weighted by Crippen LogP contribution is 2.39. The van der Waals surface area contributed by atoms with Crippen LogP contribution in [0.25, 0.3) is 11.3 Å². The monoisotopic (exact) mass is 520 g/mol. The minimum atomic E-state index is -4.35. The van der Waals surface area contributed by atoms with E-state index in [1.54, 1.807) is 6.92 Å². The lowest BCUT2D eigenvalue weighted by Gasteiger charge is -2.42. The SMILES string of the molecule is C[C@H]1Cc2cc(F)c(S(N)(=O)=O)cc2N1C(=O)C1CN(c2c(F)cc(-c3ncccc3F)cc2F)C1. The average molecular weight is 521 g/mol. The van der Waals surface area contributed by atoms with E-state index < -0.39 is 44.1 Å². The third-order valence-corrected chi connectivity index (χ3v) is 7.41. The molecular formula is C24H20F4N4O3S. The van der Waals surface area contributed by atoms with Crippen molar-refractivity contribution in [2.75, 3.05) is 22.9 Å². The van der Waals surface area contributed by atoms with Gasteiger partial charge in [-0.3, -0.25) is 9.78 Å². The molecule has 1 aromatic heterocycles. The molecule has 12 heteroatoms. The van der Waals surface area contributed by atoms with Crippen molar-refractivity contribution in [1.29, 1.82) is 0 Å². The van der Waals surface area contributed by atoms with E-state index in [-0.39, 0.29) is 47.7 Å². The highest BCUT2D eigenvalue weighted by Gasteiger charge is 2.42. The van der Waals surface area contributed by atoms with Crippen molar-refractivity contribution in [3.8, 4) is 11.3 Å². The topological polar surface area (TPSA) is 96.6 Å². The normalized spacial score (nSPS) is 17.8. The largest absolute Gasteiger partial charge is 0.365 e. The van der Waals surface area contributed by atoms with Gasteiger partial charge in [-0.25, -0.2) is 31.1 Å². The van der Waals surface area contributed by atoms with Crippen LogP contribution >= 0.6 is 0 Å². The Morgan fingerprint density at radius 3 is 2.31 bits per heavy atom. The number of hydrogen-bond acceptors (Lipinski definition) is 5. The van der Waals surface area contributed by atoms with E-state index in [9.17, 15) is 30.8 Å². The molecule has 0 saturated carbocycles. The maximum absolute atomic E-state index is 14.9. The predicted molar refractivity (Wildman–Crippen MR) is 124 cm³/mol. The molecule has 2 aromatic carbocycles. The van der Waals surface area contributed by atoms with Crippen LogP contribution in [-0.2, 0) is 21.2 Å². The van der Waals surface area contributed by atoms with Crippen molar-refractivity contribution in [3.63, 3.8) is 0 Å². The van der Waals surface area contributed by atoms with Gasteiger partial charge in [-0.15, -0.1) is 0 Å². The van der Waals surface area contributed by atoms with Gasteiger partial charge in [0.05, 0.1) is 5.92 Å². The van der Waals surface area contributed by atoms with Crippen LogP contribution in [0.2, 0.25) is 0 Å². The molecule has 2 aliphatic rings. The number of carbonyl (C=O) groups is 1. The number of amides is 1. The van der Waals surface area contributed by atoms with Crippen LogP contribution in [0, 0.1) is 29.2 Å². The van der Waals surface area contributed by atoms with Crippen molar-refractivity contribution >= 4 is 27.3 Å². The highest BCUT2D eigenvalue weighted by molar-refractivity contribution is 7.89. The molecule has 1 saturated heterocycles. The number of fused-ring (bicyclic) bond motifs is 1. The molecular weight excluding hydrogens is 500 g/mol. The van der Waals surface area contributed by atoms with Gasteiger partial charge >= 0.3 is 0 Å². The summed E-state index contributed by atoms with van der Waals surface area (Å²) < 4.78 is 81.4. The zero-order valence-corrected chi connectivity index (χ0v) is 19.7. The number of benzene rings is 2. The maximum atomic E-state index is 14.9. The number of hydrogen-bond donors (Lipinski definition) is 1. The van der Waals surface area contributed by atoms with Gasteiger partial charge in [-0.2, -0.15) is 0 Å². The molecule has 36 heavy (non-hydrogen) atoms. The number of halogens is 4. The number of primary sulfonamides is 1. The Bertz CT molecular complexity index is 1490. The number of carbonyl (C=O) groups excluding carboxylic acids is 1. The summed E-state index contributed by atoms with van der Waals surface area (Å²) in [6.45, 7) is 1.75. The van der Waals surface area contributed by atoms with E-state index in [1.165, 1.54) is 22.1 Å². The van der Waals surface area contributed by atoms with E-state index >= 15 is 0 Å². The summed E-state index contributed by atoms with van der Waals surface area (Å²) in [5, 5.41) is 5.10. The van der Waals surface area contributed by atoms with Crippen LogP contribution in [0.15, 0.2) is 47.5 Å². The quantitative estimate of drug-likeness (QED) is 0.533. The minimum Gasteiger partial charge on any atom is -0.365 e. The first-order chi connectivity index (χ1) is 17.0. The van der Waals surface area contributed by atoms with Crippen molar-refractivity contribution in [3.05, 3.63) is 71.4 Å². The smallest absolute Gasteiger partial charge is 0.241 e. The van der Waals surface area contributed by atoms with E-state index in [0.29, 0.717) is 12.0 Å². The van der Waals surface area contributed by atoms with Crippen LogP contribution in [0.4, 0.5) is 28.9 Å². The third-order valence-electron chi connectivity index (χ3n) is 6.49. The number of rotatable bonds is 4. The first-order valence-electron chi connectivity index (χ1n) is 11.0. The Hall–Kier alpha value is -3.51. The lowest BCUT2D eigenvalue weighted by Crippen LogP contribution is -2.56. The third kappa shape index (κ3) is 3.99. The summed E-state index contributed by atoms with van der Waals surface area (Å²) in [5.41, 5.74) is 0.130. The molecule has 0 unspecified atom stereocenters. The van der Waals surface area contributed by atoms with E-state index in [0.717, 1.165) is 30.3 Å². The number of pyridine rings is 1. The summed E-state index contributed by atoms with van der Waals surface area (Å²) in [5.74, 6) is -4.56. The summed E-state index contributed by atoms with van der Waals surface area (Å²) >= 11 is 0. The zero-order valence-electron chi connectivity index (χ0n) is 18.9. The Kier molecular flexibility index (Phi) is 5.75. The Morgan fingerprint density at radius 2 is 1.69 bits per heavy atom. The van der Waals surface area contributed by atoms with Gasteiger partial charge in [-0.05, 0) is 55.3 Å². The first-order valence-corrected chi connectivity index (χ1v) is 12.5. The average Bonchev–Trinajstić information content (AvgIpc) is 3.07. The van der Waals surface area contributed by atoms with Gasteiger partial charge in [0.1, 0.15) is 39.5 Å². The van der Waals surface area contributed by atoms with Gasteiger partial charge in [0.2, 0.25) is 15.9 Å². The molecule has 188 valence electrons. The number of sulfonamides is 1. The second-order valence-electron chi connectivity index (χ2n) is 8.94. The van der Waals surface area contributed by atoms with Crippen LogP contribution in [-0.4, -0.2) is 38.4 Å². The van der Waals surface area contributed by atoms with Crippen LogP contribution in [0.3, 0.4) is 0 Å². The fourth-order valence-corrected chi connectivity index (χ4v) is 5.40. The second-order valence-corrected chi connectivity index (χ2v) is 10.5. The van der Waals surface area contributed by atoms with Crippen LogP contribution in [0.1, 0.15) is 12.5 Å². The summed E-state index contributed by atoms with van der Waals surface area (Å²) in [4.78, 5) is 19.1. The van der Waals surface area contributed by atoms with E-state index in [2.05, 4.69) is 4.98 Å².